The maximum Gasteiger partial charge on any atom is 0.287 e. The Labute approximate surface area is 106 Å². The lowest BCUT2D eigenvalue weighted by Gasteiger charge is -2.23. The Morgan fingerprint density at radius 1 is 1.61 bits per heavy atom. The molecule has 0 amide bonds. The molecule has 1 saturated carbocycles. The Kier molecular flexibility index (Phi) is 3.76. The van der Waals surface area contributed by atoms with E-state index in [0.717, 1.165) is 12.4 Å². The van der Waals surface area contributed by atoms with Gasteiger partial charge in [0.25, 0.3) is 5.69 Å². The normalized spacial score (nSPS) is 16.3. The van der Waals surface area contributed by atoms with Gasteiger partial charge >= 0.3 is 0 Å². The van der Waals surface area contributed by atoms with Crippen molar-refractivity contribution >= 4 is 11.5 Å². The minimum Gasteiger partial charge on any atom is -0.379 e. The van der Waals surface area contributed by atoms with E-state index in [4.69, 9.17) is 4.74 Å². The van der Waals surface area contributed by atoms with Crippen LogP contribution in [0, 0.1) is 16.0 Å². The molecule has 1 aliphatic rings. The van der Waals surface area contributed by atoms with Crippen LogP contribution in [0.15, 0.2) is 18.3 Å². The predicted molar refractivity (Wildman–Crippen MR) is 67.7 cm³/mol. The molecule has 0 N–H and O–H groups in total. The van der Waals surface area contributed by atoms with Crippen molar-refractivity contribution < 1.29 is 9.66 Å². The molecule has 0 aromatic carbocycles. The van der Waals surface area contributed by atoms with Gasteiger partial charge in [-0.05, 0) is 24.8 Å². The maximum atomic E-state index is 10.5. The summed E-state index contributed by atoms with van der Waals surface area (Å²) in [5.74, 6) is 1.37. The van der Waals surface area contributed by atoms with Crippen LogP contribution >= 0.6 is 0 Å². The molecule has 0 bridgehead atoms. The number of nitro groups is 1. The van der Waals surface area contributed by atoms with E-state index in [1.165, 1.54) is 25.1 Å². The monoisotopic (exact) mass is 251 g/mol. The van der Waals surface area contributed by atoms with Crippen LogP contribution in [0.4, 0.5) is 11.5 Å². The Bertz CT molecular complexity index is 417. The first-order valence-electron chi connectivity index (χ1n) is 5.96. The summed E-state index contributed by atoms with van der Waals surface area (Å²) in [5.41, 5.74) is 0.0117. The smallest absolute Gasteiger partial charge is 0.287 e. The van der Waals surface area contributed by atoms with Crippen LogP contribution in [-0.2, 0) is 4.74 Å². The molecular formula is C12H17N3O3. The average Bonchev–Trinajstić information content (AvgIpc) is 3.20. The highest BCUT2D eigenvalue weighted by Crippen LogP contribution is 2.34. The zero-order valence-corrected chi connectivity index (χ0v) is 10.6. The third-order valence-electron chi connectivity index (χ3n) is 3.24. The molecule has 0 saturated heterocycles. The van der Waals surface area contributed by atoms with Crippen LogP contribution < -0.4 is 4.90 Å². The Morgan fingerprint density at radius 3 is 2.78 bits per heavy atom. The number of nitrogens with zero attached hydrogens (tertiary/aromatic N) is 3. The van der Waals surface area contributed by atoms with E-state index < -0.39 is 4.92 Å². The number of rotatable bonds is 6. The molecule has 1 aliphatic carbocycles. The van der Waals surface area contributed by atoms with E-state index in [1.54, 1.807) is 13.2 Å². The van der Waals surface area contributed by atoms with Gasteiger partial charge in [0, 0.05) is 26.8 Å². The molecule has 0 aliphatic heterocycles. The largest absolute Gasteiger partial charge is 0.379 e. The summed E-state index contributed by atoms with van der Waals surface area (Å²) < 4.78 is 5.45. The molecule has 1 unspecified atom stereocenters. The molecule has 2 rings (SSSR count). The quantitative estimate of drug-likeness (QED) is 0.570. The van der Waals surface area contributed by atoms with Gasteiger partial charge in [0.05, 0.1) is 11.0 Å². The maximum absolute atomic E-state index is 10.5. The molecular weight excluding hydrogens is 234 g/mol. The van der Waals surface area contributed by atoms with Crippen molar-refractivity contribution in [3.05, 3.63) is 28.4 Å². The standard InChI is InChI=1S/C12H17N3O3/c1-14(8-11(18-2)9-3-4-9)12-6-5-10(7-13-12)15(16)17/h5-7,9,11H,3-4,8H2,1-2H3. The highest BCUT2D eigenvalue weighted by molar-refractivity contribution is 5.42. The van der Waals surface area contributed by atoms with Crippen molar-refractivity contribution in [3.63, 3.8) is 0 Å². The fourth-order valence-electron chi connectivity index (χ4n) is 1.96. The molecule has 1 heterocycles. The molecule has 1 fully saturated rings. The van der Waals surface area contributed by atoms with Crippen molar-refractivity contribution in [2.24, 2.45) is 5.92 Å². The topological polar surface area (TPSA) is 68.5 Å². The summed E-state index contributed by atoms with van der Waals surface area (Å²) in [5, 5.41) is 10.5. The Morgan fingerprint density at radius 2 is 2.33 bits per heavy atom. The Balaban J connectivity index is 1.99. The first kappa shape index (κ1) is 12.8. The molecule has 0 radical (unpaired) electrons. The third-order valence-corrected chi connectivity index (χ3v) is 3.24. The number of pyridine rings is 1. The summed E-state index contributed by atoms with van der Waals surface area (Å²) in [4.78, 5) is 16.2. The number of hydrogen-bond acceptors (Lipinski definition) is 5. The summed E-state index contributed by atoms with van der Waals surface area (Å²) in [6.45, 7) is 0.756. The lowest BCUT2D eigenvalue weighted by molar-refractivity contribution is -0.385. The van der Waals surface area contributed by atoms with Gasteiger partial charge in [-0.1, -0.05) is 0 Å². The van der Waals surface area contributed by atoms with Gasteiger partial charge in [0.2, 0.25) is 0 Å². The second kappa shape index (κ2) is 5.30. The minimum atomic E-state index is -0.446. The summed E-state index contributed by atoms with van der Waals surface area (Å²) in [6.07, 6.45) is 3.94. The number of methoxy groups -OCH3 is 1. The van der Waals surface area contributed by atoms with E-state index in [9.17, 15) is 10.1 Å². The van der Waals surface area contributed by atoms with Gasteiger partial charge in [-0.2, -0.15) is 0 Å². The minimum absolute atomic E-state index is 0.0117. The number of hydrogen-bond donors (Lipinski definition) is 0. The number of likely N-dealkylation sites (N-methyl/N-ethyl adjacent to an activating group) is 1. The molecule has 1 aromatic rings. The summed E-state index contributed by atoms with van der Waals surface area (Å²) >= 11 is 0. The van der Waals surface area contributed by atoms with E-state index in [-0.39, 0.29) is 11.8 Å². The van der Waals surface area contributed by atoms with Crippen LogP contribution in [0.25, 0.3) is 0 Å². The third kappa shape index (κ3) is 2.95. The lowest BCUT2D eigenvalue weighted by Crippen LogP contribution is -2.32. The van der Waals surface area contributed by atoms with Crippen molar-refractivity contribution in [3.8, 4) is 0 Å². The molecule has 98 valence electrons. The van der Waals surface area contributed by atoms with Crippen LogP contribution in [0.1, 0.15) is 12.8 Å². The molecule has 1 atom stereocenters. The van der Waals surface area contributed by atoms with E-state index in [0.29, 0.717) is 5.92 Å². The second-order valence-corrected chi connectivity index (χ2v) is 4.62. The van der Waals surface area contributed by atoms with Gasteiger partial charge in [-0.15, -0.1) is 0 Å². The molecule has 18 heavy (non-hydrogen) atoms. The SMILES string of the molecule is COC(CN(C)c1ccc([N+](=O)[O-])cn1)C1CC1. The highest BCUT2D eigenvalue weighted by atomic mass is 16.6. The highest BCUT2D eigenvalue weighted by Gasteiger charge is 2.32. The summed E-state index contributed by atoms with van der Waals surface area (Å²) in [6, 6.07) is 3.13. The van der Waals surface area contributed by atoms with E-state index in [2.05, 4.69) is 4.98 Å². The van der Waals surface area contributed by atoms with Gasteiger partial charge in [0.15, 0.2) is 0 Å². The number of ether oxygens (including phenoxy) is 1. The van der Waals surface area contributed by atoms with E-state index >= 15 is 0 Å². The van der Waals surface area contributed by atoms with Gasteiger partial charge in [-0.3, -0.25) is 10.1 Å². The summed E-state index contributed by atoms with van der Waals surface area (Å²) in [7, 11) is 3.64. The van der Waals surface area contributed by atoms with Crippen LogP contribution in [0.5, 0.6) is 0 Å². The first-order valence-corrected chi connectivity index (χ1v) is 5.96. The van der Waals surface area contributed by atoms with Crippen LogP contribution in [0.3, 0.4) is 0 Å². The number of aromatic nitrogens is 1. The van der Waals surface area contributed by atoms with E-state index in [1.807, 2.05) is 11.9 Å². The van der Waals surface area contributed by atoms with Crippen LogP contribution in [-0.4, -0.2) is 36.7 Å². The van der Waals surface area contributed by atoms with Gasteiger partial charge in [0.1, 0.15) is 12.0 Å². The zero-order valence-electron chi connectivity index (χ0n) is 10.6. The molecule has 6 nitrogen and oxygen atoms in total. The van der Waals surface area contributed by atoms with Gasteiger partial charge in [-0.25, -0.2) is 4.98 Å². The lowest BCUT2D eigenvalue weighted by atomic mass is 10.2. The van der Waals surface area contributed by atoms with Crippen molar-refractivity contribution in [2.75, 3.05) is 25.6 Å². The second-order valence-electron chi connectivity index (χ2n) is 4.62. The van der Waals surface area contributed by atoms with Gasteiger partial charge < -0.3 is 9.64 Å². The fourth-order valence-corrected chi connectivity index (χ4v) is 1.96. The first-order chi connectivity index (χ1) is 8.61. The molecule has 1 aromatic heterocycles. The molecule has 6 heteroatoms. The number of anilines is 1. The average molecular weight is 251 g/mol. The predicted octanol–water partition coefficient (Wildman–Crippen LogP) is 1.85. The van der Waals surface area contributed by atoms with Crippen LogP contribution in [0.2, 0.25) is 0 Å². The van der Waals surface area contributed by atoms with Crippen molar-refractivity contribution in [1.82, 2.24) is 4.98 Å². The van der Waals surface area contributed by atoms with Crippen molar-refractivity contribution in [2.45, 2.75) is 18.9 Å². The van der Waals surface area contributed by atoms with Crippen molar-refractivity contribution in [1.29, 1.82) is 0 Å². The molecule has 0 spiro atoms. The zero-order chi connectivity index (χ0) is 13.1. The fraction of sp³-hybridized carbons (Fsp3) is 0.583. The Hall–Kier alpha value is -1.69.